The number of carboxylic acids is 1. The number of aromatic amines is 1. The van der Waals surface area contributed by atoms with Gasteiger partial charge in [-0.05, 0) is 43.0 Å². The normalized spacial score (nSPS) is 14.5. The van der Waals surface area contributed by atoms with Gasteiger partial charge in [0.2, 0.25) is 23.6 Å². The van der Waals surface area contributed by atoms with E-state index in [0.717, 1.165) is 0 Å². The zero-order chi connectivity index (χ0) is 31.2. The topological polar surface area (TPSA) is 249 Å². The lowest BCUT2D eigenvalue weighted by molar-refractivity contribution is -0.142. The van der Waals surface area contributed by atoms with Gasteiger partial charge in [0.15, 0.2) is 0 Å². The van der Waals surface area contributed by atoms with Crippen LogP contribution >= 0.6 is 11.8 Å². The summed E-state index contributed by atoms with van der Waals surface area (Å²) >= 11 is 1.42. The minimum Gasteiger partial charge on any atom is -0.508 e. The van der Waals surface area contributed by atoms with E-state index in [-0.39, 0.29) is 25.0 Å². The minimum atomic E-state index is -1.30. The van der Waals surface area contributed by atoms with Crippen LogP contribution < -0.4 is 27.0 Å². The predicted octanol–water partition coefficient (Wildman–Crippen LogP) is -1.98. The van der Waals surface area contributed by atoms with Crippen LogP contribution in [0, 0.1) is 0 Å². The summed E-state index contributed by atoms with van der Waals surface area (Å²) in [4.78, 5) is 69.4. The van der Waals surface area contributed by atoms with Crippen LogP contribution in [-0.4, -0.2) is 104 Å². The molecule has 0 aliphatic carbocycles. The molecule has 0 fully saturated rings. The summed E-state index contributed by atoms with van der Waals surface area (Å²) in [5.74, 6) is -3.73. The number of aliphatic hydroxyl groups excluding tert-OH is 1. The number of phenolic OH excluding ortho intramolecular Hbond substituents is 1. The SMILES string of the molecule is CSCC[C@H](NC(=O)CNC(=O)[C@H](Cc1ccc(O)cc1)NC(=O)[C@@H](N)[C@@H](C)O)C(=O)N[C@@H](Cc1cnc[nH]1)C(=O)O. The van der Waals surface area contributed by atoms with Crippen LogP contribution in [0.4, 0.5) is 0 Å². The summed E-state index contributed by atoms with van der Waals surface area (Å²) in [5, 5.41) is 38.5. The van der Waals surface area contributed by atoms with E-state index in [2.05, 4.69) is 31.2 Å². The summed E-state index contributed by atoms with van der Waals surface area (Å²) < 4.78 is 0. The molecule has 4 amide bonds. The second-order valence-electron chi connectivity index (χ2n) is 9.50. The lowest BCUT2D eigenvalue weighted by Gasteiger charge is -2.23. The van der Waals surface area contributed by atoms with Crippen molar-refractivity contribution in [3.05, 3.63) is 48.0 Å². The highest BCUT2D eigenvalue weighted by atomic mass is 32.2. The Morgan fingerprint density at radius 3 is 2.21 bits per heavy atom. The van der Waals surface area contributed by atoms with Gasteiger partial charge in [0.1, 0.15) is 29.9 Å². The zero-order valence-corrected chi connectivity index (χ0v) is 24.0. The number of H-pyrrole nitrogens is 1. The molecule has 0 radical (unpaired) electrons. The molecule has 0 saturated heterocycles. The van der Waals surface area contributed by atoms with E-state index < -0.39 is 66.4 Å². The number of carboxylic acid groups (broad SMARTS) is 1. The van der Waals surface area contributed by atoms with Crippen molar-refractivity contribution in [2.75, 3.05) is 18.6 Å². The van der Waals surface area contributed by atoms with Crippen molar-refractivity contribution in [1.29, 1.82) is 0 Å². The number of benzene rings is 1. The Morgan fingerprint density at radius 2 is 1.64 bits per heavy atom. The van der Waals surface area contributed by atoms with Gasteiger partial charge in [0.25, 0.3) is 0 Å². The van der Waals surface area contributed by atoms with Crippen LogP contribution in [0.1, 0.15) is 24.6 Å². The number of rotatable bonds is 17. The third-order valence-electron chi connectivity index (χ3n) is 6.11. The van der Waals surface area contributed by atoms with Crippen molar-refractivity contribution < 1.29 is 39.3 Å². The van der Waals surface area contributed by atoms with Crippen molar-refractivity contribution in [2.24, 2.45) is 5.73 Å². The molecule has 0 aliphatic heterocycles. The number of aliphatic hydroxyl groups is 1. The van der Waals surface area contributed by atoms with Crippen molar-refractivity contribution in [2.45, 2.75) is 56.5 Å². The summed E-state index contributed by atoms with van der Waals surface area (Å²) in [5.41, 5.74) is 6.77. The number of aliphatic carboxylic acids is 1. The smallest absolute Gasteiger partial charge is 0.326 e. The maximum atomic E-state index is 13.0. The van der Waals surface area contributed by atoms with Gasteiger partial charge in [0, 0.05) is 24.7 Å². The van der Waals surface area contributed by atoms with Crippen LogP contribution in [0.5, 0.6) is 5.75 Å². The van der Waals surface area contributed by atoms with Crippen molar-refractivity contribution in [3.63, 3.8) is 0 Å². The van der Waals surface area contributed by atoms with Crippen LogP contribution in [-0.2, 0) is 36.8 Å². The third-order valence-corrected chi connectivity index (χ3v) is 6.75. The largest absolute Gasteiger partial charge is 0.508 e. The van der Waals surface area contributed by atoms with Crippen LogP contribution in [0.2, 0.25) is 0 Å². The van der Waals surface area contributed by atoms with Crippen LogP contribution in [0.15, 0.2) is 36.8 Å². The third kappa shape index (κ3) is 11.4. The Morgan fingerprint density at radius 1 is 0.976 bits per heavy atom. The van der Waals surface area contributed by atoms with Crippen molar-refractivity contribution in [3.8, 4) is 5.75 Å². The fourth-order valence-corrected chi connectivity index (χ4v) is 4.16. The average Bonchev–Trinajstić information content (AvgIpc) is 3.46. The second-order valence-corrected chi connectivity index (χ2v) is 10.5. The van der Waals surface area contributed by atoms with E-state index in [0.29, 0.717) is 17.0 Å². The molecule has 42 heavy (non-hydrogen) atoms. The number of aromatic hydroxyl groups is 1. The number of imidazole rings is 1. The number of aromatic nitrogens is 2. The monoisotopic (exact) mass is 607 g/mol. The zero-order valence-electron chi connectivity index (χ0n) is 23.2. The molecule has 0 saturated carbocycles. The first-order valence-corrected chi connectivity index (χ1v) is 14.4. The van der Waals surface area contributed by atoms with Crippen LogP contribution in [0.25, 0.3) is 0 Å². The van der Waals surface area contributed by atoms with E-state index in [4.69, 9.17) is 5.73 Å². The maximum Gasteiger partial charge on any atom is 0.326 e. The van der Waals surface area contributed by atoms with Gasteiger partial charge in [-0.15, -0.1) is 0 Å². The number of phenols is 1. The summed E-state index contributed by atoms with van der Waals surface area (Å²) in [7, 11) is 0. The minimum absolute atomic E-state index is 0.00707. The highest BCUT2D eigenvalue weighted by molar-refractivity contribution is 7.98. The van der Waals surface area contributed by atoms with Gasteiger partial charge in [-0.25, -0.2) is 9.78 Å². The van der Waals surface area contributed by atoms with Crippen LogP contribution in [0.3, 0.4) is 0 Å². The Labute approximate surface area is 246 Å². The molecular weight excluding hydrogens is 570 g/mol. The molecule has 16 heteroatoms. The van der Waals surface area contributed by atoms with E-state index in [1.165, 1.54) is 43.3 Å². The number of nitrogens with one attached hydrogen (secondary N) is 5. The number of nitrogens with two attached hydrogens (primary N) is 1. The molecule has 5 atom stereocenters. The number of hydrogen-bond donors (Lipinski definition) is 9. The molecule has 1 heterocycles. The highest BCUT2D eigenvalue weighted by Crippen LogP contribution is 2.12. The molecule has 1 aromatic heterocycles. The maximum absolute atomic E-state index is 13.0. The van der Waals surface area contributed by atoms with Crippen molar-refractivity contribution >= 4 is 41.4 Å². The van der Waals surface area contributed by atoms with E-state index >= 15 is 0 Å². The Balaban J connectivity index is 2.05. The standard InChI is InChI=1S/C26H37N7O8S/c1-14(34)22(27)25(39)32-19(9-15-3-5-17(35)6-4-15)23(37)29-12-21(36)31-18(7-8-42-2)24(38)33-20(26(40)41)10-16-11-28-13-30-16/h3-6,11,13-14,18-20,22,34-35H,7-10,12,27H2,1-2H3,(H,28,30)(H,29,37)(H,31,36)(H,32,39)(H,33,38)(H,40,41)/t14-,18+,19+,20+,22+/m1/s1. The quantitative estimate of drug-likeness (QED) is 0.0953. The molecule has 10 N–H and O–H groups in total. The second kappa shape index (κ2) is 17.0. The van der Waals surface area contributed by atoms with Crippen molar-refractivity contribution in [1.82, 2.24) is 31.2 Å². The van der Waals surface area contributed by atoms with Gasteiger partial charge >= 0.3 is 5.97 Å². The number of amides is 4. The van der Waals surface area contributed by atoms with Gasteiger partial charge < -0.3 is 47.3 Å². The number of carbonyl (C=O) groups excluding carboxylic acids is 4. The Bertz CT molecular complexity index is 1190. The first-order valence-electron chi connectivity index (χ1n) is 13.0. The number of hydrogen-bond acceptors (Lipinski definition) is 10. The fourth-order valence-electron chi connectivity index (χ4n) is 3.69. The number of carbonyl (C=O) groups is 5. The predicted molar refractivity (Wildman–Crippen MR) is 153 cm³/mol. The van der Waals surface area contributed by atoms with E-state index in [1.54, 1.807) is 18.4 Å². The molecule has 1 aromatic carbocycles. The first kappa shape index (κ1) is 34.1. The molecule has 0 bridgehead atoms. The molecule has 0 spiro atoms. The summed E-state index contributed by atoms with van der Waals surface area (Å²) in [6.07, 6.45) is 3.57. The summed E-state index contributed by atoms with van der Waals surface area (Å²) in [6, 6.07) is 1.07. The molecule has 2 rings (SSSR count). The molecule has 0 unspecified atom stereocenters. The molecule has 230 valence electrons. The number of thioether (sulfide) groups is 1. The molecule has 0 aliphatic rings. The van der Waals surface area contributed by atoms with E-state index in [9.17, 15) is 39.3 Å². The average molecular weight is 608 g/mol. The lowest BCUT2D eigenvalue weighted by Crippen LogP contribution is -2.56. The number of nitrogens with zero attached hydrogens (tertiary/aromatic N) is 1. The Kier molecular flexibility index (Phi) is 13.7. The lowest BCUT2D eigenvalue weighted by atomic mass is 10.0. The molecule has 2 aromatic rings. The first-order chi connectivity index (χ1) is 19.9. The summed E-state index contributed by atoms with van der Waals surface area (Å²) in [6.45, 7) is 0.770. The molecular formula is C26H37N7O8S. The Hall–Kier alpha value is -4.15. The van der Waals surface area contributed by atoms with Gasteiger partial charge in [-0.2, -0.15) is 11.8 Å². The van der Waals surface area contributed by atoms with Gasteiger partial charge in [-0.1, -0.05) is 12.1 Å². The van der Waals surface area contributed by atoms with Gasteiger partial charge in [0.05, 0.1) is 19.0 Å². The highest BCUT2D eigenvalue weighted by Gasteiger charge is 2.29. The fraction of sp³-hybridized carbons (Fsp3) is 0.462. The van der Waals surface area contributed by atoms with E-state index in [1.807, 2.05) is 0 Å². The molecule has 15 nitrogen and oxygen atoms in total. The van der Waals surface area contributed by atoms with Gasteiger partial charge in [-0.3, -0.25) is 19.2 Å².